The van der Waals surface area contributed by atoms with Crippen LogP contribution in [0.5, 0.6) is 0 Å². The van der Waals surface area contributed by atoms with Crippen molar-refractivity contribution in [2.24, 2.45) is 0 Å². The fraction of sp³-hybridized carbons (Fsp3) is 0.333. The third-order valence-electron chi connectivity index (χ3n) is 7.17. The first-order valence-corrected chi connectivity index (χ1v) is 14.8. The zero-order valence-corrected chi connectivity index (χ0v) is 25.6. The van der Waals surface area contributed by atoms with Crippen molar-refractivity contribution in [1.82, 2.24) is 0 Å². The standard InChI is InChI=1S/C36H40N4O4/c1-39(2)35-11-5-29(6-12-35)3-9-31-25-34(28-38)32(26-33(31)27-37)10-4-30-7-13-36(14-8-30)40-15-17-41-19-21-43-23-24-44-22-20-42-18-16-40/h3-14,25-26H,15-24H2,1-2H3/b9-3+,10-4+. The SMILES string of the molecule is CN(C)c1ccc(/C=C/c2cc(C#N)c(/C=C/c3ccc(N4CCOCCOCCOCCOCC4)cc3)cc2C#N)cc1. The zero-order valence-electron chi connectivity index (χ0n) is 25.6. The Bertz CT molecular complexity index is 1450. The van der Waals surface area contributed by atoms with Gasteiger partial charge in [0.2, 0.25) is 0 Å². The van der Waals surface area contributed by atoms with Gasteiger partial charge in [-0.05, 0) is 58.7 Å². The molecule has 0 aliphatic carbocycles. The van der Waals surface area contributed by atoms with E-state index in [9.17, 15) is 10.5 Å². The minimum Gasteiger partial charge on any atom is -0.378 e. The molecule has 0 unspecified atom stereocenters. The third kappa shape index (κ3) is 10.1. The number of anilines is 2. The Kier molecular flexibility index (Phi) is 13.0. The highest BCUT2D eigenvalue weighted by Gasteiger charge is 2.09. The second-order valence-electron chi connectivity index (χ2n) is 10.4. The van der Waals surface area contributed by atoms with Crippen LogP contribution in [0.3, 0.4) is 0 Å². The van der Waals surface area contributed by atoms with Crippen LogP contribution in [-0.4, -0.2) is 80.0 Å². The first-order chi connectivity index (χ1) is 21.6. The molecule has 0 aromatic heterocycles. The topological polar surface area (TPSA) is 91.0 Å². The lowest BCUT2D eigenvalue weighted by Gasteiger charge is -2.25. The number of benzene rings is 3. The zero-order chi connectivity index (χ0) is 31.0. The molecule has 3 aromatic carbocycles. The van der Waals surface area contributed by atoms with E-state index in [0.717, 1.165) is 35.6 Å². The molecule has 0 amide bonds. The summed E-state index contributed by atoms with van der Waals surface area (Å²) in [6, 6.07) is 24.5. The van der Waals surface area contributed by atoms with Gasteiger partial charge in [-0.25, -0.2) is 0 Å². The van der Waals surface area contributed by atoms with Gasteiger partial charge in [0.25, 0.3) is 0 Å². The summed E-state index contributed by atoms with van der Waals surface area (Å²) >= 11 is 0. The van der Waals surface area contributed by atoms with Crippen LogP contribution in [-0.2, 0) is 18.9 Å². The molecule has 1 aliphatic rings. The van der Waals surface area contributed by atoms with Gasteiger partial charge in [-0.15, -0.1) is 0 Å². The Morgan fingerprint density at radius 3 is 1.41 bits per heavy atom. The molecule has 0 bridgehead atoms. The van der Waals surface area contributed by atoms with Crippen LogP contribution in [0.2, 0.25) is 0 Å². The first kappa shape index (κ1) is 32.5. The fourth-order valence-corrected chi connectivity index (χ4v) is 4.64. The van der Waals surface area contributed by atoms with Gasteiger partial charge in [-0.3, -0.25) is 0 Å². The molecule has 228 valence electrons. The van der Waals surface area contributed by atoms with Crippen molar-refractivity contribution >= 4 is 35.7 Å². The number of hydrogen-bond acceptors (Lipinski definition) is 8. The second kappa shape index (κ2) is 17.6. The smallest absolute Gasteiger partial charge is 0.0998 e. The van der Waals surface area contributed by atoms with Crippen LogP contribution >= 0.6 is 0 Å². The van der Waals surface area contributed by atoms with Crippen LogP contribution in [0.4, 0.5) is 11.4 Å². The van der Waals surface area contributed by atoms with E-state index in [1.165, 1.54) is 0 Å². The average molecular weight is 593 g/mol. The molecule has 3 aromatic rings. The van der Waals surface area contributed by atoms with Crippen LogP contribution in [0, 0.1) is 22.7 Å². The summed E-state index contributed by atoms with van der Waals surface area (Å²) in [5.74, 6) is 0. The van der Waals surface area contributed by atoms with E-state index in [2.05, 4.69) is 29.2 Å². The normalized spacial score (nSPS) is 15.8. The van der Waals surface area contributed by atoms with Crippen molar-refractivity contribution in [2.45, 2.75) is 0 Å². The highest BCUT2D eigenvalue weighted by Crippen LogP contribution is 2.23. The van der Waals surface area contributed by atoms with Gasteiger partial charge in [0.05, 0.1) is 76.1 Å². The maximum atomic E-state index is 9.87. The van der Waals surface area contributed by atoms with Crippen molar-refractivity contribution in [3.63, 3.8) is 0 Å². The summed E-state index contributed by atoms with van der Waals surface area (Å²) in [6.07, 6.45) is 7.69. The van der Waals surface area contributed by atoms with Crippen LogP contribution < -0.4 is 9.80 Å². The first-order valence-electron chi connectivity index (χ1n) is 14.8. The van der Waals surface area contributed by atoms with Gasteiger partial charge in [0.15, 0.2) is 0 Å². The molecular formula is C36H40N4O4. The molecule has 8 heteroatoms. The molecular weight excluding hydrogens is 552 g/mol. The van der Waals surface area contributed by atoms with Gasteiger partial charge < -0.3 is 28.7 Å². The highest BCUT2D eigenvalue weighted by atomic mass is 16.6. The summed E-state index contributed by atoms with van der Waals surface area (Å²) in [7, 11) is 4.00. The fourth-order valence-electron chi connectivity index (χ4n) is 4.64. The molecule has 0 atom stereocenters. The van der Waals surface area contributed by atoms with E-state index in [1.54, 1.807) is 12.1 Å². The summed E-state index contributed by atoms with van der Waals surface area (Å²) in [4.78, 5) is 4.28. The van der Waals surface area contributed by atoms with Gasteiger partial charge in [-0.1, -0.05) is 48.6 Å². The number of hydrogen-bond donors (Lipinski definition) is 0. The van der Waals surface area contributed by atoms with Crippen LogP contribution in [0.15, 0.2) is 60.7 Å². The largest absolute Gasteiger partial charge is 0.378 e. The molecule has 1 fully saturated rings. The van der Waals surface area contributed by atoms with Crippen molar-refractivity contribution < 1.29 is 18.9 Å². The lowest BCUT2D eigenvalue weighted by Crippen LogP contribution is -2.31. The Morgan fingerprint density at radius 1 is 0.591 bits per heavy atom. The maximum absolute atomic E-state index is 9.87. The summed E-state index contributed by atoms with van der Waals surface area (Å²) < 4.78 is 22.5. The third-order valence-corrected chi connectivity index (χ3v) is 7.17. The lowest BCUT2D eigenvalue weighted by molar-refractivity contribution is 0.00206. The predicted molar refractivity (Wildman–Crippen MR) is 176 cm³/mol. The second-order valence-corrected chi connectivity index (χ2v) is 10.4. The Labute approximate surface area is 260 Å². The Balaban J connectivity index is 1.44. The predicted octanol–water partition coefficient (Wildman–Crippen LogP) is 5.72. The minimum absolute atomic E-state index is 0.511. The van der Waals surface area contributed by atoms with Crippen LogP contribution in [0.25, 0.3) is 24.3 Å². The van der Waals surface area contributed by atoms with E-state index >= 15 is 0 Å². The van der Waals surface area contributed by atoms with Gasteiger partial charge in [-0.2, -0.15) is 10.5 Å². The number of nitriles is 2. The van der Waals surface area contributed by atoms with E-state index in [1.807, 2.05) is 79.7 Å². The van der Waals surface area contributed by atoms with E-state index in [4.69, 9.17) is 18.9 Å². The molecule has 0 spiro atoms. The molecule has 8 nitrogen and oxygen atoms in total. The van der Waals surface area contributed by atoms with Crippen LogP contribution in [0.1, 0.15) is 33.4 Å². The average Bonchev–Trinajstić information content (AvgIpc) is 3.06. The van der Waals surface area contributed by atoms with Crippen molar-refractivity contribution in [1.29, 1.82) is 10.5 Å². The monoisotopic (exact) mass is 592 g/mol. The molecule has 0 radical (unpaired) electrons. The minimum atomic E-state index is 0.511. The molecule has 1 saturated heterocycles. The quantitative estimate of drug-likeness (QED) is 0.336. The van der Waals surface area contributed by atoms with E-state index < -0.39 is 0 Å². The van der Waals surface area contributed by atoms with Gasteiger partial charge in [0, 0.05) is 38.6 Å². The summed E-state index contributed by atoms with van der Waals surface area (Å²) in [5, 5.41) is 19.7. The van der Waals surface area contributed by atoms with Crippen molar-refractivity contribution in [2.75, 3.05) is 89.8 Å². The molecule has 1 heterocycles. The molecule has 4 rings (SSSR count). The number of rotatable bonds is 6. The van der Waals surface area contributed by atoms with Crippen molar-refractivity contribution in [3.8, 4) is 12.1 Å². The molecule has 0 N–H and O–H groups in total. The van der Waals surface area contributed by atoms with Crippen molar-refractivity contribution in [3.05, 3.63) is 94.0 Å². The Morgan fingerprint density at radius 2 is 1.00 bits per heavy atom. The lowest BCUT2D eigenvalue weighted by atomic mass is 9.97. The van der Waals surface area contributed by atoms with Gasteiger partial charge in [0.1, 0.15) is 0 Å². The number of ether oxygens (including phenoxy) is 4. The molecule has 44 heavy (non-hydrogen) atoms. The summed E-state index contributed by atoms with van der Waals surface area (Å²) in [6.45, 7) is 5.97. The Hall–Kier alpha value is -4.44. The van der Waals surface area contributed by atoms with E-state index in [0.29, 0.717) is 75.1 Å². The van der Waals surface area contributed by atoms with Gasteiger partial charge >= 0.3 is 0 Å². The maximum Gasteiger partial charge on any atom is 0.0998 e. The molecule has 1 aliphatic heterocycles. The highest BCUT2D eigenvalue weighted by molar-refractivity contribution is 5.79. The summed E-state index contributed by atoms with van der Waals surface area (Å²) in [5.41, 5.74) is 6.63. The number of nitrogens with zero attached hydrogens (tertiary/aromatic N) is 4. The van der Waals surface area contributed by atoms with E-state index in [-0.39, 0.29) is 0 Å². The molecule has 0 saturated carbocycles.